The molecular weight excluding hydrogens is 335 g/mol. The van der Waals surface area contributed by atoms with Gasteiger partial charge in [-0.1, -0.05) is 0 Å². The largest absolute Gasteiger partial charge is 0.497 e. The Morgan fingerprint density at radius 1 is 1.20 bits per heavy atom. The van der Waals surface area contributed by atoms with Crippen LogP contribution in [0.5, 0.6) is 11.5 Å². The summed E-state index contributed by atoms with van der Waals surface area (Å²) in [5, 5.41) is 0. The van der Waals surface area contributed by atoms with Crippen molar-refractivity contribution in [3.05, 3.63) is 58.9 Å². The zero-order valence-corrected chi connectivity index (χ0v) is 13.7. The molecule has 7 heteroatoms. The molecular formula is C18H16F3NO3. The van der Waals surface area contributed by atoms with Crippen molar-refractivity contribution in [3.63, 3.8) is 0 Å². The van der Waals surface area contributed by atoms with E-state index < -0.39 is 35.0 Å². The van der Waals surface area contributed by atoms with E-state index in [1.807, 2.05) is 0 Å². The minimum atomic E-state index is -1.49. The van der Waals surface area contributed by atoms with Gasteiger partial charge in [-0.15, -0.1) is 0 Å². The molecule has 1 unspecified atom stereocenters. The van der Waals surface area contributed by atoms with E-state index in [9.17, 15) is 18.0 Å². The van der Waals surface area contributed by atoms with Gasteiger partial charge in [-0.3, -0.25) is 4.79 Å². The number of carbonyl (C=O) groups excluding carboxylic acids is 1. The number of methoxy groups -OCH3 is 1. The Bertz CT molecular complexity index is 825. The van der Waals surface area contributed by atoms with E-state index in [-0.39, 0.29) is 13.1 Å². The van der Waals surface area contributed by atoms with E-state index in [1.54, 1.807) is 25.1 Å². The number of ether oxygens (including phenoxy) is 2. The van der Waals surface area contributed by atoms with Gasteiger partial charge in [0.1, 0.15) is 29.0 Å². The van der Waals surface area contributed by atoms with Crippen molar-refractivity contribution < 1.29 is 27.4 Å². The maximum atomic E-state index is 14.0. The molecule has 1 aliphatic rings. The minimum absolute atomic E-state index is 0.0812. The fourth-order valence-electron chi connectivity index (χ4n) is 2.77. The molecule has 1 amide bonds. The number of rotatable bonds is 2. The van der Waals surface area contributed by atoms with Gasteiger partial charge in [0, 0.05) is 18.2 Å². The Balaban J connectivity index is 1.97. The Hall–Kier alpha value is -2.70. The van der Waals surface area contributed by atoms with E-state index in [2.05, 4.69) is 0 Å². The molecule has 1 aliphatic heterocycles. The molecule has 0 N–H and O–H groups in total. The van der Waals surface area contributed by atoms with E-state index >= 15 is 0 Å². The molecule has 1 atom stereocenters. The van der Waals surface area contributed by atoms with Crippen molar-refractivity contribution in [1.29, 1.82) is 0 Å². The highest BCUT2D eigenvalue weighted by molar-refractivity contribution is 5.95. The van der Waals surface area contributed by atoms with Gasteiger partial charge in [0.25, 0.3) is 5.91 Å². The third-order valence-electron chi connectivity index (χ3n) is 3.99. The van der Waals surface area contributed by atoms with Gasteiger partial charge in [0.15, 0.2) is 11.6 Å². The van der Waals surface area contributed by atoms with Gasteiger partial charge in [0.2, 0.25) is 0 Å². The zero-order valence-electron chi connectivity index (χ0n) is 13.7. The van der Waals surface area contributed by atoms with Crippen LogP contribution < -0.4 is 9.47 Å². The molecule has 3 rings (SSSR count). The highest BCUT2D eigenvalue weighted by Crippen LogP contribution is 2.30. The molecule has 4 nitrogen and oxygen atoms in total. The fourth-order valence-corrected chi connectivity index (χ4v) is 2.77. The normalized spacial score (nSPS) is 16.7. The molecule has 0 saturated carbocycles. The molecule has 1 heterocycles. The fraction of sp³-hybridized carbons (Fsp3) is 0.278. The molecule has 2 aromatic carbocycles. The van der Waals surface area contributed by atoms with Crippen molar-refractivity contribution in [3.8, 4) is 11.5 Å². The van der Waals surface area contributed by atoms with E-state index in [1.165, 1.54) is 12.0 Å². The van der Waals surface area contributed by atoms with Gasteiger partial charge in [-0.2, -0.15) is 0 Å². The molecule has 0 radical (unpaired) electrons. The van der Waals surface area contributed by atoms with Crippen molar-refractivity contribution >= 4 is 5.91 Å². The monoisotopic (exact) mass is 351 g/mol. The average molecular weight is 351 g/mol. The van der Waals surface area contributed by atoms with Gasteiger partial charge in [-0.05, 0) is 31.2 Å². The Morgan fingerprint density at radius 2 is 1.92 bits per heavy atom. The smallest absolute Gasteiger partial charge is 0.260 e. The van der Waals surface area contributed by atoms with Crippen molar-refractivity contribution in [2.45, 2.75) is 19.6 Å². The summed E-state index contributed by atoms with van der Waals surface area (Å²) in [4.78, 5) is 13.9. The maximum Gasteiger partial charge on any atom is 0.260 e. The van der Waals surface area contributed by atoms with Crippen LogP contribution in [0.25, 0.3) is 0 Å². The standard InChI is InChI=1S/C18H16F3NO3/c1-10-8-22(9-11-3-4-12(24-2)7-15(11)25-10)18(23)16-13(19)5-6-14(20)17(16)21/h3-7,10H,8-9H2,1-2H3. The van der Waals surface area contributed by atoms with Crippen LogP contribution in [0.3, 0.4) is 0 Å². The second-order valence-electron chi connectivity index (χ2n) is 5.81. The number of hydrogen-bond acceptors (Lipinski definition) is 3. The lowest BCUT2D eigenvalue weighted by atomic mass is 10.1. The van der Waals surface area contributed by atoms with Crippen LogP contribution in [0, 0.1) is 17.5 Å². The van der Waals surface area contributed by atoms with E-state index in [4.69, 9.17) is 9.47 Å². The van der Waals surface area contributed by atoms with E-state index in [0.29, 0.717) is 23.1 Å². The first-order valence-corrected chi connectivity index (χ1v) is 7.67. The summed E-state index contributed by atoms with van der Waals surface area (Å²) in [7, 11) is 1.52. The van der Waals surface area contributed by atoms with Gasteiger partial charge >= 0.3 is 0 Å². The Morgan fingerprint density at radius 3 is 2.64 bits per heavy atom. The molecule has 25 heavy (non-hydrogen) atoms. The summed E-state index contributed by atoms with van der Waals surface area (Å²) >= 11 is 0. The average Bonchev–Trinajstić information content (AvgIpc) is 2.75. The molecule has 0 aliphatic carbocycles. The number of fused-ring (bicyclic) bond motifs is 1. The van der Waals surface area contributed by atoms with Crippen LogP contribution >= 0.6 is 0 Å². The highest BCUT2D eigenvalue weighted by Gasteiger charge is 2.29. The third-order valence-corrected chi connectivity index (χ3v) is 3.99. The molecule has 0 spiro atoms. The lowest BCUT2D eigenvalue weighted by molar-refractivity contribution is 0.0679. The number of halogens is 3. The zero-order chi connectivity index (χ0) is 18.1. The van der Waals surface area contributed by atoms with Gasteiger partial charge in [-0.25, -0.2) is 13.2 Å². The van der Waals surface area contributed by atoms with E-state index in [0.717, 1.165) is 6.07 Å². The summed E-state index contributed by atoms with van der Waals surface area (Å²) in [6.45, 7) is 1.91. The summed E-state index contributed by atoms with van der Waals surface area (Å²) in [6, 6.07) is 6.48. The topological polar surface area (TPSA) is 38.8 Å². The van der Waals surface area contributed by atoms with Crippen LogP contribution in [0.4, 0.5) is 13.2 Å². The quantitative estimate of drug-likeness (QED) is 0.777. The second-order valence-corrected chi connectivity index (χ2v) is 5.81. The lowest BCUT2D eigenvalue weighted by Gasteiger charge is -2.22. The number of hydrogen-bond donors (Lipinski definition) is 0. The number of carbonyl (C=O) groups is 1. The summed E-state index contributed by atoms with van der Waals surface area (Å²) in [5.74, 6) is -3.66. The van der Waals surface area contributed by atoms with Gasteiger partial charge in [0.05, 0.1) is 13.7 Å². The minimum Gasteiger partial charge on any atom is -0.497 e. The molecule has 2 aromatic rings. The van der Waals surface area contributed by atoms with Crippen LogP contribution in [0.2, 0.25) is 0 Å². The summed E-state index contributed by atoms with van der Waals surface area (Å²) in [6.07, 6.45) is -0.419. The van der Waals surface area contributed by atoms with Crippen molar-refractivity contribution in [1.82, 2.24) is 4.90 Å². The predicted molar refractivity (Wildman–Crippen MR) is 84.1 cm³/mol. The van der Waals surface area contributed by atoms with Crippen LogP contribution in [0.1, 0.15) is 22.8 Å². The first-order chi connectivity index (χ1) is 11.9. The Kier molecular flexibility index (Phi) is 4.57. The van der Waals surface area contributed by atoms with Crippen LogP contribution in [0.15, 0.2) is 30.3 Å². The molecule has 0 fully saturated rings. The molecule has 0 aromatic heterocycles. The molecule has 0 saturated heterocycles. The maximum absolute atomic E-state index is 14.0. The predicted octanol–water partition coefficient (Wildman–Crippen LogP) is 3.54. The number of amides is 1. The molecule has 132 valence electrons. The number of benzene rings is 2. The van der Waals surface area contributed by atoms with Crippen molar-refractivity contribution in [2.24, 2.45) is 0 Å². The Labute approximate surface area is 142 Å². The summed E-state index contributed by atoms with van der Waals surface area (Å²) < 4.78 is 52.2. The van der Waals surface area contributed by atoms with Crippen LogP contribution in [-0.2, 0) is 6.54 Å². The first kappa shape index (κ1) is 17.1. The second kappa shape index (κ2) is 6.66. The van der Waals surface area contributed by atoms with Crippen LogP contribution in [-0.4, -0.2) is 30.6 Å². The number of nitrogens with zero attached hydrogens (tertiary/aromatic N) is 1. The summed E-state index contributed by atoms with van der Waals surface area (Å²) in [5.41, 5.74) is -0.236. The first-order valence-electron chi connectivity index (χ1n) is 7.67. The van der Waals surface area contributed by atoms with Crippen molar-refractivity contribution in [2.75, 3.05) is 13.7 Å². The lowest BCUT2D eigenvalue weighted by Crippen LogP contribution is -2.37. The molecule has 0 bridgehead atoms. The van der Waals surface area contributed by atoms with Gasteiger partial charge < -0.3 is 14.4 Å². The third kappa shape index (κ3) is 3.26. The SMILES string of the molecule is COc1ccc2c(c1)OC(C)CN(C(=O)c1c(F)ccc(F)c1F)C2. The highest BCUT2D eigenvalue weighted by atomic mass is 19.2.